The molecular formula is C22H27N5O5. The highest BCUT2D eigenvalue weighted by Gasteiger charge is 2.57. The number of amides is 3. The van der Waals surface area contributed by atoms with Crippen molar-refractivity contribution in [3.63, 3.8) is 0 Å². The number of aryl methyl sites for hydroxylation is 1. The molecule has 170 valence electrons. The molecule has 0 radical (unpaired) electrons. The molecule has 2 atom stereocenters. The fourth-order valence-electron chi connectivity index (χ4n) is 5.10. The first-order chi connectivity index (χ1) is 15.3. The minimum absolute atomic E-state index is 0.234. The monoisotopic (exact) mass is 441 g/mol. The summed E-state index contributed by atoms with van der Waals surface area (Å²) in [6.45, 7) is 4.06. The number of benzene rings is 1. The van der Waals surface area contributed by atoms with Gasteiger partial charge < -0.3 is 14.9 Å². The third-order valence-corrected chi connectivity index (χ3v) is 7.04. The zero-order valence-electron chi connectivity index (χ0n) is 18.0. The number of likely N-dealkylation sites (tertiary alicyclic amines) is 1. The lowest BCUT2D eigenvalue weighted by Crippen LogP contribution is -2.63. The molecule has 1 aromatic carbocycles. The van der Waals surface area contributed by atoms with Crippen molar-refractivity contribution in [2.75, 3.05) is 37.6 Å². The standard InChI is InChI=1S/C22H27N5O5/c1-14-10-15(12-23)2-3-17(14)25-6-8-26(9-7-25)20(29)18-16(19(28)24-32)11-22(4-5-22)13-27(18)21(30)31/h2-3,10,16,18,32H,4-9,11,13H2,1H3,(H,24,28)(H,30,31)/t16-,18-/m0/s1. The molecule has 3 fully saturated rings. The number of hydroxylamine groups is 1. The number of nitriles is 1. The SMILES string of the molecule is Cc1cc(C#N)ccc1N1CCN(C(=O)[C@@H]2[C@@H](C(=O)NO)CC3(CC3)CN2C(=O)O)CC1. The summed E-state index contributed by atoms with van der Waals surface area (Å²) < 4.78 is 0. The third kappa shape index (κ3) is 3.96. The van der Waals surface area contributed by atoms with Crippen LogP contribution in [0.4, 0.5) is 10.5 Å². The molecule has 3 amide bonds. The van der Waals surface area contributed by atoms with Crippen LogP contribution < -0.4 is 10.4 Å². The second-order valence-electron chi connectivity index (χ2n) is 9.07. The molecule has 0 unspecified atom stereocenters. The van der Waals surface area contributed by atoms with E-state index < -0.39 is 29.9 Å². The number of carboxylic acid groups (broad SMARTS) is 1. The Labute approximate surface area is 186 Å². The zero-order chi connectivity index (χ0) is 23.0. The van der Waals surface area contributed by atoms with Crippen molar-refractivity contribution in [2.45, 2.75) is 32.2 Å². The van der Waals surface area contributed by atoms with Crippen LogP contribution in [0.3, 0.4) is 0 Å². The highest BCUT2D eigenvalue weighted by atomic mass is 16.5. The molecule has 3 aliphatic rings. The van der Waals surface area contributed by atoms with Crippen LogP contribution in [0.15, 0.2) is 18.2 Å². The van der Waals surface area contributed by atoms with Gasteiger partial charge in [0.25, 0.3) is 0 Å². The number of anilines is 1. The van der Waals surface area contributed by atoms with Crippen molar-refractivity contribution in [3.05, 3.63) is 29.3 Å². The Kier molecular flexibility index (Phi) is 5.69. The molecule has 0 aromatic heterocycles. The van der Waals surface area contributed by atoms with Gasteiger partial charge in [0.1, 0.15) is 6.04 Å². The number of nitrogens with zero attached hydrogens (tertiary/aromatic N) is 4. The van der Waals surface area contributed by atoms with Gasteiger partial charge in [-0.2, -0.15) is 5.26 Å². The van der Waals surface area contributed by atoms with E-state index in [1.807, 2.05) is 19.1 Å². The molecule has 1 spiro atoms. The summed E-state index contributed by atoms with van der Waals surface area (Å²) in [5, 5.41) is 28.1. The largest absolute Gasteiger partial charge is 0.465 e. The van der Waals surface area contributed by atoms with Crippen LogP contribution in [0.5, 0.6) is 0 Å². The molecule has 1 aromatic rings. The van der Waals surface area contributed by atoms with Crippen molar-refractivity contribution >= 4 is 23.6 Å². The zero-order valence-corrected chi connectivity index (χ0v) is 18.0. The summed E-state index contributed by atoms with van der Waals surface area (Å²) in [5.74, 6) is -2.03. The molecule has 1 aliphatic carbocycles. The van der Waals surface area contributed by atoms with Gasteiger partial charge in [-0.15, -0.1) is 0 Å². The number of carbonyl (C=O) groups excluding carboxylic acids is 2. The number of rotatable bonds is 3. The van der Waals surface area contributed by atoms with Crippen LogP contribution in [0, 0.1) is 29.6 Å². The lowest BCUT2D eigenvalue weighted by atomic mass is 9.80. The number of carbonyl (C=O) groups is 3. The van der Waals surface area contributed by atoms with Gasteiger partial charge in [0, 0.05) is 38.4 Å². The molecule has 32 heavy (non-hydrogen) atoms. The molecule has 3 N–H and O–H groups in total. The predicted molar refractivity (Wildman–Crippen MR) is 113 cm³/mol. The highest BCUT2D eigenvalue weighted by Crippen LogP contribution is 2.55. The first kappa shape index (κ1) is 21.9. The lowest BCUT2D eigenvalue weighted by Gasteiger charge is -2.45. The average molecular weight is 441 g/mol. The topological polar surface area (TPSA) is 137 Å². The summed E-state index contributed by atoms with van der Waals surface area (Å²) in [6.07, 6.45) is 0.798. The van der Waals surface area contributed by atoms with E-state index in [0.717, 1.165) is 29.0 Å². The quantitative estimate of drug-likeness (QED) is 0.473. The van der Waals surface area contributed by atoms with E-state index in [1.54, 1.807) is 16.4 Å². The molecule has 2 heterocycles. The fourth-order valence-corrected chi connectivity index (χ4v) is 5.10. The molecule has 0 bridgehead atoms. The van der Waals surface area contributed by atoms with Gasteiger partial charge in [0.2, 0.25) is 11.8 Å². The lowest BCUT2D eigenvalue weighted by molar-refractivity contribution is -0.150. The van der Waals surface area contributed by atoms with Gasteiger partial charge >= 0.3 is 6.09 Å². The predicted octanol–water partition coefficient (Wildman–Crippen LogP) is 1.17. The Morgan fingerprint density at radius 3 is 2.41 bits per heavy atom. The Morgan fingerprint density at radius 1 is 1.19 bits per heavy atom. The van der Waals surface area contributed by atoms with Crippen molar-refractivity contribution in [2.24, 2.45) is 11.3 Å². The second-order valence-corrected chi connectivity index (χ2v) is 9.07. The van der Waals surface area contributed by atoms with E-state index in [-0.39, 0.29) is 12.0 Å². The summed E-state index contributed by atoms with van der Waals surface area (Å²) in [4.78, 5) is 42.6. The third-order valence-electron chi connectivity index (χ3n) is 7.04. The second kappa shape index (κ2) is 8.31. The molecule has 4 rings (SSSR count). The van der Waals surface area contributed by atoms with E-state index in [9.17, 15) is 24.7 Å². The minimum Gasteiger partial charge on any atom is -0.465 e. The molecule has 1 saturated carbocycles. The smallest absolute Gasteiger partial charge is 0.408 e. The van der Waals surface area contributed by atoms with Crippen molar-refractivity contribution in [3.8, 4) is 6.07 Å². The van der Waals surface area contributed by atoms with Gasteiger partial charge in [-0.1, -0.05) is 0 Å². The maximum atomic E-state index is 13.4. The maximum Gasteiger partial charge on any atom is 0.408 e. The summed E-state index contributed by atoms with van der Waals surface area (Å²) in [5.41, 5.74) is 3.93. The Bertz CT molecular complexity index is 977. The normalized spacial score (nSPS) is 24.1. The van der Waals surface area contributed by atoms with E-state index in [1.165, 1.54) is 0 Å². The molecule has 2 saturated heterocycles. The maximum absolute atomic E-state index is 13.4. The van der Waals surface area contributed by atoms with E-state index in [0.29, 0.717) is 38.2 Å². The number of piperazine rings is 1. The van der Waals surface area contributed by atoms with Gasteiger partial charge in [-0.25, -0.2) is 10.3 Å². The first-order valence-corrected chi connectivity index (χ1v) is 10.8. The average Bonchev–Trinajstić information content (AvgIpc) is 3.55. The molecule has 2 aliphatic heterocycles. The van der Waals surface area contributed by atoms with Gasteiger partial charge in [0.05, 0.1) is 17.6 Å². The Balaban J connectivity index is 1.50. The summed E-state index contributed by atoms with van der Waals surface area (Å²) >= 11 is 0. The number of piperidine rings is 1. The Morgan fingerprint density at radius 2 is 1.88 bits per heavy atom. The van der Waals surface area contributed by atoms with Gasteiger partial charge in [-0.3, -0.25) is 19.7 Å². The van der Waals surface area contributed by atoms with Crippen molar-refractivity contribution < 1.29 is 24.7 Å². The van der Waals surface area contributed by atoms with Crippen LogP contribution in [-0.4, -0.2) is 76.8 Å². The van der Waals surface area contributed by atoms with E-state index in [4.69, 9.17) is 5.26 Å². The molecular weight excluding hydrogens is 414 g/mol. The number of hydrogen-bond donors (Lipinski definition) is 3. The molecule has 10 nitrogen and oxygen atoms in total. The van der Waals surface area contributed by atoms with Crippen LogP contribution in [0.2, 0.25) is 0 Å². The van der Waals surface area contributed by atoms with Crippen LogP contribution >= 0.6 is 0 Å². The highest BCUT2D eigenvalue weighted by molar-refractivity contribution is 5.92. The van der Waals surface area contributed by atoms with E-state index in [2.05, 4.69) is 11.0 Å². The number of hydrogen-bond acceptors (Lipinski definition) is 6. The minimum atomic E-state index is -1.23. The molecule has 10 heteroatoms. The van der Waals surface area contributed by atoms with Gasteiger partial charge in [0.15, 0.2) is 0 Å². The van der Waals surface area contributed by atoms with Gasteiger partial charge in [-0.05, 0) is 55.4 Å². The van der Waals surface area contributed by atoms with E-state index >= 15 is 0 Å². The fraction of sp³-hybridized carbons (Fsp3) is 0.545. The number of nitrogens with one attached hydrogen (secondary N) is 1. The first-order valence-electron chi connectivity index (χ1n) is 10.8. The van der Waals surface area contributed by atoms with Crippen LogP contribution in [0.25, 0.3) is 0 Å². The van der Waals surface area contributed by atoms with Crippen molar-refractivity contribution in [1.82, 2.24) is 15.3 Å². The van der Waals surface area contributed by atoms with Crippen LogP contribution in [-0.2, 0) is 9.59 Å². The summed E-state index contributed by atoms with van der Waals surface area (Å²) in [6, 6.07) is 6.46. The van der Waals surface area contributed by atoms with Crippen molar-refractivity contribution in [1.29, 1.82) is 5.26 Å². The Hall–Kier alpha value is -3.32. The van der Waals surface area contributed by atoms with Crippen LogP contribution in [0.1, 0.15) is 30.4 Å². The summed E-state index contributed by atoms with van der Waals surface area (Å²) in [7, 11) is 0.